The van der Waals surface area contributed by atoms with E-state index in [0.717, 1.165) is 41.4 Å². The van der Waals surface area contributed by atoms with Crippen LogP contribution in [0, 0.1) is 41.4 Å². The summed E-state index contributed by atoms with van der Waals surface area (Å²) in [5.74, 6) is 7.20. The van der Waals surface area contributed by atoms with Gasteiger partial charge in [0.05, 0.1) is 0 Å². The van der Waals surface area contributed by atoms with Gasteiger partial charge in [0.25, 0.3) is 0 Å². The first-order chi connectivity index (χ1) is 8.54. The van der Waals surface area contributed by atoms with Crippen molar-refractivity contribution in [2.75, 3.05) is 0 Å². The van der Waals surface area contributed by atoms with Gasteiger partial charge in [-0.15, -0.1) is 0 Å². The molecule has 0 nitrogen and oxygen atoms in total. The number of hydrogen-bond donors (Lipinski definition) is 0. The fourth-order valence-electron chi connectivity index (χ4n) is 4.42. The first kappa shape index (κ1) is 14.4. The van der Waals surface area contributed by atoms with Gasteiger partial charge >= 0.3 is 0 Å². The molecule has 106 valence electrons. The molecule has 0 heteroatoms. The molecule has 0 amide bonds. The van der Waals surface area contributed by atoms with Crippen LogP contribution in [0.5, 0.6) is 0 Å². The normalized spacial score (nSPS) is 43.8. The van der Waals surface area contributed by atoms with E-state index in [1.54, 1.807) is 0 Å². The van der Waals surface area contributed by atoms with Crippen LogP contribution < -0.4 is 0 Å². The van der Waals surface area contributed by atoms with Gasteiger partial charge in [0.15, 0.2) is 0 Å². The third kappa shape index (κ3) is 3.31. The van der Waals surface area contributed by atoms with E-state index in [4.69, 9.17) is 0 Å². The summed E-state index contributed by atoms with van der Waals surface area (Å²) in [5.41, 5.74) is 0. The van der Waals surface area contributed by atoms with Crippen molar-refractivity contribution >= 4 is 0 Å². The molecule has 2 aliphatic carbocycles. The molecular weight excluding hydrogens is 216 g/mol. The van der Waals surface area contributed by atoms with E-state index >= 15 is 0 Å². The van der Waals surface area contributed by atoms with E-state index in [2.05, 4.69) is 34.6 Å². The van der Waals surface area contributed by atoms with Crippen molar-refractivity contribution in [3.63, 3.8) is 0 Å². The van der Waals surface area contributed by atoms with Crippen LogP contribution in [0.25, 0.3) is 0 Å². The highest BCUT2D eigenvalue weighted by Gasteiger charge is 2.45. The topological polar surface area (TPSA) is 0 Å². The van der Waals surface area contributed by atoms with Gasteiger partial charge in [-0.05, 0) is 47.8 Å². The van der Waals surface area contributed by atoms with Gasteiger partial charge in [-0.25, -0.2) is 0 Å². The van der Waals surface area contributed by atoms with Crippen molar-refractivity contribution < 1.29 is 0 Å². The predicted octanol–water partition coefficient (Wildman–Crippen LogP) is 5.77. The van der Waals surface area contributed by atoms with Crippen LogP contribution in [-0.4, -0.2) is 0 Å². The molecule has 5 atom stereocenters. The van der Waals surface area contributed by atoms with Gasteiger partial charge < -0.3 is 0 Å². The van der Waals surface area contributed by atoms with Crippen molar-refractivity contribution in [2.45, 2.75) is 73.1 Å². The predicted molar refractivity (Wildman–Crippen MR) is 80.5 cm³/mol. The van der Waals surface area contributed by atoms with Crippen molar-refractivity contribution in [3.05, 3.63) is 0 Å². The molecule has 0 radical (unpaired) electrons. The van der Waals surface area contributed by atoms with E-state index in [1.165, 1.54) is 38.5 Å². The Kier molecular flexibility index (Phi) is 4.78. The van der Waals surface area contributed by atoms with Crippen LogP contribution in [0.15, 0.2) is 0 Å². The SMILES string of the molecule is CC(CCCCCCC1C(C)C1C)C1C(C)C1C. The van der Waals surface area contributed by atoms with Gasteiger partial charge in [0.2, 0.25) is 0 Å². The highest BCUT2D eigenvalue weighted by atomic mass is 14.5. The Morgan fingerprint density at radius 2 is 1.28 bits per heavy atom. The van der Waals surface area contributed by atoms with Crippen LogP contribution in [0.4, 0.5) is 0 Å². The fourth-order valence-corrected chi connectivity index (χ4v) is 4.42. The average Bonchev–Trinajstić information content (AvgIpc) is 3.13. The monoisotopic (exact) mass is 250 g/mol. The summed E-state index contributed by atoms with van der Waals surface area (Å²) >= 11 is 0. The molecule has 0 aliphatic heterocycles. The molecule has 2 rings (SSSR count). The summed E-state index contributed by atoms with van der Waals surface area (Å²) in [7, 11) is 0. The fraction of sp³-hybridized carbons (Fsp3) is 1.00. The maximum Gasteiger partial charge on any atom is -0.0332 e. The summed E-state index contributed by atoms with van der Waals surface area (Å²) in [6.45, 7) is 12.2. The lowest BCUT2D eigenvalue weighted by atomic mass is 9.96. The maximum absolute atomic E-state index is 2.48. The largest absolute Gasteiger partial charge is 0.0622 e. The minimum absolute atomic E-state index is 0.985. The number of unbranched alkanes of at least 4 members (excludes halogenated alkanes) is 3. The number of rotatable bonds is 8. The van der Waals surface area contributed by atoms with E-state index in [-0.39, 0.29) is 0 Å². The lowest BCUT2D eigenvalue weighted by molar-refractivity contribution is 0.410. The summed E-state index contributed by atoms with van der Waals surface area (Å²) < 4.78 is 0. The minimum atomic E-state index is 0.985. The average molecular weight is 250 g/mol. The van der Waals surface area contributed by atoms with Crippen LogP contribution in [0.1, 0.15) is 73.1 Å². The Balaban J connectivity index is 1.42. The third-order valence-corrected chi connectivity index (χ3v) is 6.55. The van der Waals surface area contributed by atoms with E-state index in [9.17, 15) is 0 Å². The highest BCUT2D eigenvalue weighted by Crippen LogP contribution is 2.51. The van der Waals surface area contributed by atoms with Crippen molar-refractivity contribution in [1.82, 2.24) is 0 Å². The van der Waals surface area contributed by atoms with E-state index in [0.29, 0.717) is 0 Å². The van der Waals surface area contributed by atoms with Gasteiger partial charge in [-0.1, -0.05) is 66.7 Å². The molecule has 2 fully saturated rings. The quantitative estimate of drug-likeness (QED) is 0.480. The molecule has 0 spiro atoms. The molecule has 2 saturated carbocycles. The third-order valence-electron chi connectivity index (χ3n) is 6.55. The second-order valence-corrected chi connectivity index (χ2v) is 7.65. The summed E-state index contributed by atoms with van der Waals surface area (Å²) in [6, 6.07) is 0. The molecule has 0 saturated heterocycles. The molecule has 0 bridgehead atoms. The van der Waals surface area contributed by atoms with Crippen LogP contribution in [0.3, 0.4) is 0 Å². The zero-order valence-electron chi connectivity index (χ0n) is 13.3. The summed E-state index contributed by atoms with van der Waals surface area (Å²) in [5, 5.41) is 0. The number of hydrogen-bond acceptors (Lipinski definition) is 0. The second kappa shape index (κ2) is 5.97. The lowest BCUT2D eigenvalue weighted by Gasteiger charge is -2.10. The van der Waals surface area contributed by atoms with Crippen LogP contribution in [-0.2, 0) is 0 Å². The molecule has 0 N–H and O–H groups in total. The van der Waals surface area contributed by atoms with E-state index < -0.39 is 0 Å². The highest BCUT2D eigenvalue weighted by molar-refractivity contribution is 4.93. The summed E-state index contributed by atoms with van der Waals surface area (Å²) in [6.07, 6.45) is 8.93. The molecule has 0 aromatic carbocycles. The van der Waals surface area contributed by atoms with Gasteiger partial charge in [-0.2, -0.15) is 0 Å². The Labute approximate surface area is 115 Å². The van der Waals surface area contributed by atoms with E-state index in [1.807, 2.05) is 0 Å². The maximum atomic E-state index is 2.48. The zero-order valence-corrected chi connectivity index (χ0v) is 13.3. The first-order valence-corrected chi connectivity index (χ1v) is 8.54. The first-order valence-electron chi connectivity index (χ1n) is 8.54. The Morgan fingerprint density at radius 1 is 0.722 bits per heavy atom. The molecule has 0 aromatic rings. The molecule has 0 heterocycles. The lowest BCUT2D eigenvalue weighted by Crippen LogP contribution is -1.99. The molecule has 18 heavy (non-hydrogen) atoms. The van der Waals surface area contributed by atoms with Crippen LogP contribution >= 0.6 is 0 Å². The van der Waals surface area contributed by atoms with Crippen LogP contribution in [0.2, 0.25) is 0 Å². The Hall–Kier alpha value is 0. The van der Waals surface area contributed by atoms with Gasteiger partial charge in [0.1, 0.15) is 0 Å². The van der Waals surface area contributed by atoms with Gasteiger partial charge in [-0.3, -0.25) is 0 Å². The molecule has 2 aliphatic rings. The molecule has 0 aromatic heterocycles. The molecular formula is C18H34. The second-order valence-electron chi connectivity index (χ2n) is 7.65. The standard InChI is InChI=1S/C18H34/c1-12(18-15(4)16(18)5)10-8-6-7-9-11-17-13(2)14(17)3/h12-18H,6-11H2,1-5H3. The smallest absolute Gasteiger partial charge is 0.0332 e. The Bertz CT molecular complexity index is 241. The molecule has 5 unspecified atom stereocenters. The van der Waals surface area contributed by atoms with Crippen molar-refractivity contribution in [3.8, 4) is 0 Å². The summed E-state index contributed by atoms with van der Waals surface area (Å²) in [4.78, 5) is 0. The van der Waals surface area contributed by atoms with Gasteiger partial charge in [0, 0.05) is 0 Å². The zero-order chi connectivity index (χ0) is 13.3. The van der Waals surface area contributed by atoms with Crippen molar-refractivity contribution in [2.24, 2.45) is 41.4 Å². The van der Waals surface area contributed by atoms with Crippen molar-refractivity contribution in [1.29, 1.82) is 0 Å². The minimum Gasteiger partial charge on any atom is -0.0622 e. The Morgan fingerprint density at radius 3 is 1.78 bits per heavy atom.